The monoisotopic (exact) mass is 223 g/mol. The number of nitrogens with two attached hydrogens (primary N) is 1. The highest BCUT2D eigenvalue weighted by atomic mass is 16.1. The molecule has 0 heterocycles. The first-order valence-corrected chi connectivity index (χ1v) is 6.66. The zero-order chi connectivity index (χ0) is 11.9. The molecule has 2 N–H and O–H groups in total. The molecule has 0 saturated heterocycles. The molecule has 0 aromatic rings. The van der Waals surface area contributed by atoms with Crippen molar-refractivity contribution in [2.24, 2.45) is 28.9 Å². The second-order valence-electron chi connectivity index (χ2n) is 6.95. The van der Waals surface area contributed by atoms with Crippen molar-refractivity contribution in [1.82, 2.24) is 0 Å². The zero-order valence-electron chi connectivity index (χ0n) is 10.8. The third-order valence-electron chi connectivity index (χ3n) is 4.63. The first-order chi connectivity index (χ1) is 7.38. The standard InChI is InChI=1S/C14H25NO/c1-14(2,3)13(15)12(16)8-11-7-9-4-5-10(11)6-9/h9-11,13H,4-8,15H2,1-3H3. The number of fused-ring (bicyclic) bond motifs is 2. The summed E-state index contributed by atoms with van der Waals surface area (Å²) < 4.78 is 0. The van der Waals surface area contributed by atoms with Crippen LogP contribution in [0.2, 0.25) is 0 Å². The van der Waals surface area contributed by atoms with Crippen LogP contribution in [0.5, 0.6) is 0 Å². The van der Waals surface area contributed by atoms with Crippen LogP contribution in [-0.4, -0.2) is 11.8 Å². The largest absolute Gasteiger partial charge is 0.321 e. The number of carbonyl (C=O) groups is 1. The van der Waals surface area contributed by atoms with Crippen LogP contribution >= 0.6 is 0 Å². The van der Waals surface area contributed by atoms with Gasteiger partial charge in [-0.25, -0.2) is 0 Å². The maximum atomic E-state index is 12.1. The van der Waals surface area contributed by atoms with Crippen LogP contribution in [0.25, 0.3) is 0 Å². The van der Waals surface area contributed by atoms with Crippen molar-refractivity contribution < 1.29 is 4.79 Å². The average molecular weight is 223 g/mol. The van der Waals surface area contributed by atoms with Gasteiger partial charge in [-0.05, 0) is 42.4 Å². The minimum atomic E-state index is -0.286. The number of ketones is 1. The van der Waals surface area contributed by atoms with Gasteiger partial charge in [-0.15, -0.1) is 0 Å². The fourth-order valence-corrected chi connectivity index (χ4v) is 3.49. The SMILES string of the molecule is CC(C)(C)C(N)C(=O)CC1CC2CCC1C2. The van der Waals surface area contributed by atoms with E-state index >= 15 is 0 Å². The normalized spacial score (nSPS) is 35.4. The average Bonchev–Trinajstić information content (AvgIpc) is 2.76. The van der Waals surface area contributed by atoms with Gasteiger partial charge in [-0.1, -0.05) is 27.2 Å². The number of hydrogen-bond donors (Lipinski definition) is 1. The molecule has 2 fully saturated rings. The van der Waals surface area contributed by atoms with E-state index in [2.05, 4.69) is 20.8 Å². The van der Waals surface area contributed by atoms with Crippen molar-refractivity contribution in [2.75, 3.05) is 0 Å². The number of rotatable bonds is 3. The van der Waals surface area contributed by atoms with E-state index < -0.39 is 0 Å². The smallest absolute Gasteiger partial charge is 0.150 e. The van der Waals surface area contributed by atoms with E-state index in [0.717, 1.165) is 18.3 Å². The molecule has 2 bridgehead atoms. The fraction of sp³-hybridized carbons (Fsp3) is 0.929. The van der Waals surface area contributed by atoms with Gasteiger partial charge in [0.2, 0.25) is 0 Å². The summed E-state index contributed by atoms with van der Waals surface area (Å²) in [6.07, 6.45) is 6.16. The lowest BCUT2D eigenvalue weighted by atomic mass is 9.79. The molecule has 4 atom stereocenters. The first kappa shape index (κ1) is 12.1. The first-order valence-electron chi connectivity index (χ1n) is 6.66. The molecule has 2 rings (SSSR count). The van der Waals surface area contributed by atoms with E-state index in [0.29, 0.717) is 5.92 Å². The Hall–Kier alpha value is -0.370. The lowest BCUT2D eigenvalue weighted by Gasteiger charge is -2.28. The second kappa shape index (κ2) is 4.14. The quantitative estimate of drug-likeness (QED) is 0.799. The molecule has 2 aliphatic rings. The lowest BCUT2D eigenvalue weighted by molar-refractivity contribution is -0.123. The van der Waals surface area contributed by atoms with Crippen LogP contribution in [0.4, 0.5) is 0 Å². The van der Waals surface area contributed by atoms with E-state index in [1.165, 1.54) is 25.7 Å². The third-order valence-corrected chi connectivity index (χ3v) is 4.63. The highest BCUT2D eigenvalue weighted by Crippen LogP contribution is 2.49. The summed E-state index contributed by atoms with van der Waals surface area (Å²) in [5.41, 5.74) is 5.93. The predicted molar refractivity (Wildman–Crippen MR) is 66.0 cm³/mol. The fourth-order valence-electron chi connectivity index (χ4n) is 3.49. The van der Waals surface area contributed by atoms with Crippen molar-refractivity contribution in [3.8, 4) is 0 Å². The number of hydrogen-bond acceptors (Lipinski definition) is 2. The molecule has 0 aromatic heterocycles. The Kier molecular flexibility index (Phi) is 3.13. The van der Waals surface area contributed by atoms with E-state index in [1.807, 2.05) is 0 Å². The van der Waals surface area contributed by atoms with Gasteiger partial charge in [0.15, 0.2) is 0 Å². The third kappa shape index (κ3) is 2.32. The minimum Gasteiger partial charge on any atom is -0.321 e. The topological polar surface area (TPSA) is 43.1 Å². The Bertz CT molecular complexity index is 279. The molecule has 16 heavy (non-hydrogen) atoms. The van der Waals surface area contributed by atoms with Gasteiger partial charge in [-0.3, -0.25) is 4.79 Å². The van der Waals surface area contributed by atoms with Crippen molar-refractivity contribution in [2.45, 2.75) is 58.9 Å². The summed E-state index contributed by atoms with van der Waals surface area (Å²) in [6.45, 7) is 6.16. The lowest BCUT2D eigenvalue weighted by Crippen LogP contribution is -2.43. The van der Waals surface area contributed by atoms with Gasteiger partial charge in [0, 0.05) is 6.42 Å². The number of carbonyl (C=O) groups excluding carboxylic acids is 1. The molecule has 0 aromatic carbocycles. The maximum Gasteiger partial charge on any atom is 0.150 e. The summed E-state index contributed by atoms with van der Waals surface area (Å²) in [7, 11) is 0. The van der Waals surface area contributed by atoms with Crippen LogP contribution in [0.15, 0.2) is 0 Å². The van der Waals surface area contributed by atoms with Crippen molar-refractivity contribution in [1.29, 1.82) is 0 Å². The molecule has 4 unspecified atom stereocenters. The van der Waals surface area contributed by atoms with E-state index in [4.69, 9.17) is 5.73 Å². The van der Waals surface area contributed by atoms with Crippen molar-refractivity contribution >= 4 is 5.78 Å². The number of Topliss-reactive ketones (excluding diaryl/α,β-unsaturated/α-hetero) is 1. The molecule has 2 heteroatoms. The summed E-state index contributed by atoms with van der Waals surface area (Å²) in [5, 5.41) is 0. The molecule has 2 saturated carbocycles. The van der Waals surface area contributed by atoms with Gasteiger partial charge in [0.25, 0.3) is 0 Å². The highest BCUT2D eigenvalue weighted by Gasteiger charge is 2.41. The van der Waals surface area contributed by atoms with E-state index in [9.17, 15) is 4.79 Å². The van der Waals surface area contributed by atoms with Gasteiger partial charge in [0.1, 0.15) is 5.78 Å². The van der Waals surface area contributed by atoms with Crippen LogP contribution in [0, 0.1) is 23.2 Å². The van der Waals surface area contributed by atoms with Gasteiger partial charge < -0.3 is 5.73 Å². The molecule has 0 radical (unpaired) electrons. The van der Waals surface area contributed by atoms with Crippen LogP contribution in [0.1, 0.15) is 52.9 Å². The Balaban J connectivity index is 1.88. The molecular weight excluding hydrogens is 198 g/mol. The van der Waals surface area contributed by atoms with Gasteiger partial charge in [0.05, 0.1) is 6.04 Å². The Morgan fingerprint density at radius 2 is 2.00 bits per heavy atom. The van der Waals surface area contributed by atoms with Crippen molar-refractivity contribution in [3.05, 3.63) is 0 Å². The summed E-state index contributed by atoms with van der Waals surface area (Å²) >= 11 is 0. The van der Waals surface area contributed by atoms with Crippen molar-refractivity contribution in [3.63, 3.8) is 0 Å². The summed E-state index contributed by atoms with van der Waals surface area (Å²) in [6, 6.07) is -0.286. The van der Waals surface area contributed by atoms with Crippen LogP contribution in [-0.2, 0) is 4.79 Å². The molecule has 2 nitrogen and oxygen atoms in total. The maximum absolute atomic E-state index is 12.1. The zero-order valence-corrected chi connectivity index (χ0v) is 10.8. The molecule has 92 valence electrons. The molecule has 0 spiro atoms. The Labute approximate surface area is 99.0 Å². The van der Waals surface area contributed by atoms with Gasteiger partial charge in [-0.2, -0.15) is 0 Å². The van der Waals surface area contributed by atoms with Crippen LogP contribution in [0.3, 0.4) is 0 Å². The van der Waals surface area contributed by atoms with Crippen LogP contribution < -0.4 is 5.73 Å². The minimum absolute atomic E-state index is 0.0886. The highest BCUT2D eigenvalue weighted by molar-refractivity contribution is 5.84. The predicted octanol–water partition coefficient (Wildman–Crippen LogP) is 2.76. The van der Waals surface area contributed by atoms with Gasteiger partial charge >= 0.3 is 0 Å². The molecular formula is C14H25NO. The molecule has 0 aliphatic heterocycles. The Morgan fingerprint density at radius 1 is 1.31 bits per heavy atom. The van der Waals surface area contributed by atoms with E-state index in [-0.39, 0.29) is 17.2 Å². The molecule has 0 amide bonds. The van der Waals surface area contributed by atoms with E-state index in [1.54, 1.807) is 0 Å². The summed E-state index contributed by atoms with van der Waals surface area (Å²) in [4.78, 5) is 12.1. The summed E-state index contributed by atoms with van der Waals surface area (Å²) in [5.74, 6) is 2.69. The second-order valence-corrected chi connectivity index (χ2v) is 6.95. The Morgan fingerprint density at radius 3 is 2.44 bits per heavy atom. The molecule has 2 aliphatic carbocycles.